The van der Waals surface area contributed by atoms with Gasteiger partial charge in [-0.15, -0.1) is 0 Å². The van der Waals surface area contributed by atoms with Crippen molar-refractivity contribution in [2.45, 2.75) is 37.7 Å². The summed E-state index contributed by atoms with van der Waals surface area (Å²) in [7, 11) is 0. The molecule has 1 aromatic heterocycles. The number of carbonyl (C=O) groups is 1. The number of alkyl halides is 5. The van der Waals surface area contributed by atoms with Crippen molar-refractivity contribution in [3.63, 3.8) is 0 Å². The molecule has 1 atom stereocenters. The molecule has 6 nitrogen and oxygen atoms in total. The van der Waals surface area contributed by atoms with Gasteiger partial charge in [-0.25, -0.2) is 9.78 Å². The van der Waals surface area contributed by atoms with Gasteiger partial charge in [0.25, 0.3) is 0 Å². The number of rotatable bonds is 6. The molecular formula is C14H16F5N3O3. The van der Waals surface area contributed by atoms with E-state index in [1.54, 1.807) is 0 Å². The SMILES string of the molecule is O=C(NC(CO)c1ccnc(OC(F)F)c1)N[C@H]1C[C@H](C(F)(F)F)C1. The van der Waals surface area contributed by atoms with Gasteiger partial charge < -0.3 is 20.5 Å². The number of aliphatic hydroxyl groups excluding tert-OH is 1. The van der Waals surface area contributed by atoms with Crippen LogP contribution in [0.2, 0.25) is 0 Å². The molecule has 1 aliphatic rings. The van der Waals surface area contributed by atoms with Gasteiger partial charge in [-0.05, 0) is 24.5 Å². The van der Waals surface area contributed by atoms with E-state index in [0.717, 1.165) is 12.3 Å². The molecule has 25 heavy (non-hydrogen) atoms. The average molecular weight is 369 g/mol. The van der Waals surface area contributed by atoms with E-state index in [1.807, 2.05) is 0 Å². The van der Waals surface area contributed by atoms with Crippen molar-refractivity contribution in [1.29, 1.82) is 0 Å². The standard InChI is InChI=1S/C14H16F5N3O3/c15-12(16)25-11-3-7(1-2-20-11)10(6-23)22-13(24)21-9-4-8(5-9)14(17,18)19/h1-3,8-10,12,23H,4-6H2,(H2,21,22,24)/t8-,9-,10?. The average Bonchev–Trinajstić information content (AvgIpc) is 2.46. The molecule has 0 aromatic carbocycles. The molecule has 0 bridgehead atoms. The van der Waals surface area contributed by atoms with Crippen LogP contribution in [-0.2, 0) is 0 Å². The molecule has 3 N–H and O–H groups in total. The van der Waals surface area contributed by atoms with Crippen LogP contribution in [0.5, 0.6) is 5.88 Å². The van der Waals surface area contributed by atoms with Crippen LogP contribution < -0.4 is 15.4 Å². The minimum atomic E-state index is -4.28. The third-order valence-corrected chi connectivity index (χ3v) is 3.80. The number of hydrogen-bond acceptors (Lipinski definition) is 4. The number of hydrogen-bond donors (Lipinski definition) is 3. The van der Waals surface area contributed by atoms with Gasteiger partial charge in [0.05, 0.1) is 18.6 Å². The van der Waals surface area contributed by atoms with E-state index < -0.39 is 43.4 Å². The monoisotopic (exact) mass is 369 g/mol. The van der Waals surface area contributed by atoms with Crippen LogP contribution in [0.1, 0.15) is 24.4 Å². The van der Waals surface area contributed by atoms with Crippen LogP contribution >= 0.6 is 0 Å². The molecule has 1 heterocycles. The number of amides is 2. The highest BCUT2D eigenvalue weighted by Crippen LogP contribution is 2.40. The number of aromatic nitrogens is 1. The van der Waals surface area contributed by atoms with Crippen molar-refractivity contribution >= 4 is 6.03 Å². The van der Waals surface area contributed by atoms with E-state index >= 15 is 0 Å². The summed E-state index contributed by atoms with van der Waals surface area (Å²) in [6.45, 7) is -3.63. The number of carbonyl (C=O) groups excluding carboxylic acids is 1. The Hall–Kier alpha value is -2.17. The molecule has 1 aliphatic carbocycles. The lowest BCUT2D eigenvalue weighted by atomic mass is 9.80. The van der Waals surface area contributed by atoms with Gasteiger partial charge in [0.1, 0.15) is 0 Å². The second-order valence-electron chi connectivity index (χ2n) is 5.57. The van der Waals surface area contributed by atoms with E-state index in [1.165, 1.54) is 6.07 Å². The Morgan fingerprint density at radius 3 is 2.64 bits per heavy atom. The first-order chi connectivity index (χ1) is 11.7. The summed E-state index contributed by atoms with van der Waals surface area (Å²) in [5, 5.41) is 14.1. The molecule has 0 aliphatic heterocycles. The Bertz CT molecular complexity index is 593. The molecule has 0 spiro atoms. The fraction of sp³-hybridized carbons (Fsp3) is 0.571. The molecule has 140 valence electrons. The zero-order chi connectivity index (χ0) is 18.6. The topological polar surface area (TPSA) is 83.5 Å². The van der Waals surface area contributed by atoms with Gasteiger partial charge in [-0.3, -0.25) is 0 Å². The van der Waals surface area contributed by atoms with Crippen molar-refractivity contribution < 1.29 is 36.6 Å². The Morgan fingerprint density at radius 1 is 1.40 bits per heavy atom. The second-order valence-corrected chi connectivity index (χ2v) is 5.57. The van der Waals surface area contributed by atoms with Gasteiger partial charge in [-0.1, -0.05) is 0 Å². The number of ether oxygens (including phenoxy) is 1. The van der Waals surface area contributed by atoms with E-state index in [2.05, 4.69) is 20.4 Å². The van der Waals surface area contributed by atoms with E-state index in [0.29, 0.717) is 0 Å². The summed E-state index contributed by atoms with van der Waals surface area (Å²) in [6, 6.07) is 0.166. The lowest BCUT2D eigenvalue weighted by Crippen LogP contribution is -2.52. The summed E-state index contributed by atoms with van der Waals surface area (Å²) in [4.78, 5) is 15.4. The van der Waals surface area contributed by atoms with Gasteiger partial charge in [0.2, 0.25) is 5.88 Å². The van der Waals surface area contributed by atoms with E-state index in [4.69, 9.17) is 0 Å². The number of urea groups is 1. The number of pyridine rings is 1. The Kier molecular flexibility index (Phi) is 5.98. The largest absolute Gasteiger partial charge is 0.417 e. The quantitative estimate of drug-likeness (QED) is 0.673. The van der Waals surface area contributed by atoms with E-state index in [9.17, 15) is 31.9 Å². The van der Waals surface area contributed by atoms with Crippen LogP contribution in [0, 0.1) is 5.92 Å². The lowest BCUT2D eigenvalue weighted by molar-refractivity contribution is -0.198. The third kappa shape index (κ3) is 5.41. The first-order valence-electron chi connectivity index (χ1n) is 7.34. The number of nitrogens with zero attached hydrogens (tertiary/aromatic N) is 1. The van der Waals surface area contributed by atoms with Crippen molar-refractivity contribution in [2.24, 2.45) is 5.92 Å². The van der Waals surface area contributed by atoms with Gasteiger partial charge in [-0.2, -0.15) is 22.0 Å². The highest BCUT2D eigenvalue weighted by molar-refractivity contribution is 5.75. The maximum absolute atomic E-state index is 12.4. The molecule has 0 radical (unpaired) electrons. The molecule has 0 saturated heterocycles. The maximum Gasteiger partial charge on any atom is 0.391 e. The predicted molar refractivity (Wildman–Crippen MR) is 74.9 cm³/mol. The van der Waals surface area contributed by atoms with Crippen molar-refractivity contribution in [3.8, 4) is 5.88 Å². The fourth-order valence-corrected chi connectivity index (χ4v) is 2.42. The smallest absolute Gasteiger partial charge is 0.391 e. The van der Waals surface area contributed by atoms with Crippen molar-refractivity contribution in [1.82, 2.24) is 15.6 Å². The first-order valence-corrected chi connectivity index (χ1v) is 7.34. The highest BCUT2D eigenvalue weighted by Gasteiger charge is 2.48. The van der Waals surface area contributed by atoms with Gasteiger partial charge in [0.15, 0.2) is 0 Å². The van der Waals surface area contributed by atoms with Crippen LogP contribution in [0.3, 0.4) is 0 Å². The Labute approximate surface area is 139 Å². The molecule has 1 aromatic rings. The Balaban J connectivity index is 1.88. The molecule has 1 unspecified atom stereocenters. The van der Waals surface area contributed by atoms with Crippen LogP contribution in [0.15, 0.2) is 18.3 Å². The second kappa shape index (κ2) is 7.81. The molecule has 11 heteroatoms. The normalized spacial score (nSPS) is 21.4. The highest BCUT2D eigenvalue weighted by atomic mass is 19.4. The number of halogens is 5. The fourth-order valence-electron chi connectivity index (χ4n) is 2.42. The molecule has 2 amide bonds. The zero-order valence-electron chi connectivity index (χ0n) is 12.8. The lowest BCUT2D eigenvalue weighted by Gasteiger charge is -2.37. The van der Waals surface area contributed by atoms with Crippen LogP contribution in [-0.4, -0.2) is 41.6 Å². The number of aliphatic hydroxyl groups is 1. The van der Waals surface area contributed by atoms with Crippen molar-refractivity contribution in [3.05, 3.63) is 23.9 Å². The maximum atomic E-state index is 12.4. The van der Waals surface area contributed by atoms with Crippen LogP contribution in [0.4, 0.5) is 26.7 Å². The van der Waals surface area contributed by atoms with Gasteiger partial charge in [0, 0.05) is 18.3 Å². The van der Waals surface area contributed by atoms with E-state index in [-0.39, 0.29) is 24.3 Å². The zero-order valence-corrected chi connectivity index (χ0v) is 12.8. The summed E-state index contributed by atoms with van der Waals surface area (Å²) in [5.41, 5.74) is 0.255. The van der Waals surface area contributed by atoms with Crippen molar-refractivity contribution in [2.75, 3.05) is 6.61 Å². The predicted octanol–water partition coefficient (Wildman–Crippen LogP) is 2.36. The molecular weight excluding hydrogens is 353 g/mol. The minimum Gasteiger partial charge on any atom is -0.417 e. The Morgan fingerprint density at radius 2 is 2.08 bits per heavy atom. The van der Waals surface area contributed by atoms with Gasteiger partial charge >= 0.3 is 18.8 Å². The summed E-state index contributed by atoms with van der Waals surface area (Å²) in [6.07, 6.45) is -3.53. The summed E-state index contributed by atoms with van der Waals surface area (Å²) in [5.74, 6) is -1.82. The molecule has 1 fully saturated rings. The summed E-state index contributed by atoms with van der Waals surface area (Å²) >= 11 is 0. The molecule has 1 saturated carbocycles. The van der Waals surface area contributed by atoms with Crippen LogP contribution in [0.25, 0.3) is 0 Å². The molecule has 2 rings (SSSR count). The first kappa shape index (κ1) is 19.2. The summed E-state index contributed by atoms with van der Waals surface area (Å²) < 4.78 is 65.7. The minimum absolute atomic E-state index is 0.206. The number of nitrogens with one attached hydrogen (secondary N) is 2. The third-order valence-electron chi connectivity index (χ3n) is 3.80.